The monoisotopic (exact) mass is 732 g/mol. The molecule has 280 valence electrons. The number of aliphatic hydroxyl groups excluding tert-OH is 1. The minimum atomic E-state index is -4.01. The molecule has 0 unspecified atom stereocenters. The molecule has 1 aliphatic heterocycles. The Labute approximate surface area is 307 Å². The van der Waals surface area contributed by atoms with Gasteiger partial charge < -0.3 is 29.5 Å². The van der Waals surface area contributed by atoms with Crippen LogP contribution in [-0.2, 0) is 34.8 Å². The van der Waals surface area contributed by atoms with Gasteiger partial charge in [-0.15, -0.1) is 0 Å². The zero-order chi connectivity index (χ0) is 37.6. The fourth-order valence-corrected chi connectivity index (χ4v) is 8.40. The van der Waals surface area contributed by atoms with E-state index in [-0.39, 0.29) is 48.2 Å². The molecule has 3 aromatic carbocycles. The summed E-state index contributed by atoms with van der Waals surface area (Å²) in [5, 5.41) is 14.9. The van der Waals surface area contributed by atoms with Crippen molar-refractivity contribution in [2.45, 2.75) is 70.2 Å². The highest BCUT2D eigenvalue weighted by atomic mass is 32.2. The third-order valence-corrected chi connectivity index (χ3v) is 11.7. The molecule has 12 nitrogen and oxygen atoms in total. The summed E-state index contributed by atoms with van der Waals surface area (Å²) in [5.74, 6) is 0.663. The van der Waals surface area contributed by atoms with Crippen LogP contribution in [0, 0.1) is 11.8 Å². The zero-order valence-electron chi connectivity index (χ0n) is 31.0. The maximum atomic E-state index is 14.4. The summed E-state index contributed by atoms with van der Waals surface area (Å²) in [6.45, 7) is 8.77. The Balaban J connectivity index is 1.38. The summed E-state index contributed by atoms with van der Waals surface area (Å²) < 4.78 is 36.3. The number of imidazole rings is 1. The van der Waals surface area contributed by atoms with Gasteiger partial charge in [0.15, 0.2) is 0 Å². The second-order valence-corrected chi connectivity index (χ2v) is 16.0. The molecule has 1 aliphatic rings. The summed E-state index contributed by atoms with van der Waals surface area (Å²) in [6.07, 6.45) is -0.371. The summed E-state index contributed by atoms with van der Waals surface area (Å²) in [7, 11) is -0.566. The van der Waals surface area contributed by atoms with Gasteiger partial charge in [0, 0.05) is 33.2 Å². The van der Waals surface area contributed by atoms with E-state index < -0.39 is 28.2 Å². The van der Waals surface area contributed by atoms with Crippen molar-refractivity contribution in [1.82, 2.24) is 29.0 Å². The van der Waals surface area contributed by atoms with Crippen LogP contribution in [0.3, 0.4) is 0 Å². The Morgan fingerprint density at radius 1 is 0.981 bits per heavy atom. The minimum Gasteiger partial charge on any atom is -0.497 e. The van der Waals surface area contributed by atoms with Gasteiger partial charge in [-0.25, -0.2) is 18.2 Å². The molecule has 5 rings (SSSR count). The molecule has 1 fully saturated rings. The molecule has 0 radical (unpaired) electrons. The standard InChI is InChI=1S/C39H52N6O6S/c1-7-28(4)37(45-22-21-43(39(45)48)26-36-40-32-15-11-12-16-34(32)42(36)5)38(47)41-33(23-29-13-9-8-10-14-29)35(46)25-44(24-27(2)3)52(49,50)31-19-17-30(51-6)18-20-31/h8-20,27-28,33,35,37,46H,7,21-26H2,1-6H3,(H,41,47)/t28-,33-,35-,37-/m0/s1. The molecule has 52 heavy (non-hydrogen) atoms. The van der Waals surface area contributed by atoms with Gasteiger partial charge in [-0.3, -0.25) is 4.79 Å². The number of nitrogens with one attached hydrogen (secondary N) is 1. The molecule has 2 heterocycles. The molecule has 0 spiro atoms. The van der Waals surface area contributed by atoms with Crippen LogP contribution in [0.2, 0.25) is 0 Å². The second-order valence-electron chi connectivity index (χ2n) is 14.1. The van der Waals surface area contributed by atoms with Crippen molar-refractivity contribution in [2.24, 2.45) is 18.9 Å². The second kappa shape index (κ2) is 16.9. The van der Waals surface area contributed by atoms with Gasteiger partial charge in [-0.05, 0) is 60.2 Å². The highest BCUT2D eigenvalue weighted by molar-refractivity contribution is 7.89. The van der Waals surface area contributed by atoms with Crippen LogP contribution in [0.1, 0.15) is 45.5 Å². The van der Waals surface area contributed by atoms with Crippen LogP contribution < -0.4 is 10.1 Å². The number of aliphatic hydroxyl groups is 1. The normalized spacial score (nSPS) is 16.1. The van der Waals surface area contributed by atoms with Crippen LogP contribution >= 0.6 is 0 Å². The number of amides is 3. The minimum absolute atomic E-state index is 0.0366. The maximum Gasteiger partial charge on any atom is 0.321 e. The zero-order valence-corrected chi connectivity index (χ0v) is 31.8. The molecule has 0 saturated carbocycles. The number of para-hydroxylation sites is 2. The molecule has 3 amide bonds. The molecule has 0 bridgehead atoms. The first-order chi connectivity index (χ1) is 24.8. The van der Waals surface area contributed by atoms with Gasteiger partial charge >= 0.3 is 6.03 Å². The number of fused-ring (bicyclic) bond motifs is 1. The topological polar surface area (TPSA) is 137 Å². The van der Waals surface area contributed by atoms with E-state index in [1.165, 1.54) is 23.5 Å². The Morgan fingerprint density at radius 3 is 2.29 bits per heavy atom. The first-order valence-corrected chi connectivity index (χ1v) is 19.4. The van der Waals surface area contributed by atoms with Crippen LogP contribution in [0.25, 0.3) is 11.0 Å². The number of benzene rings is 3. The lowest BCUT2D eigenvalue weighted by atomic mass is 9.95. The Hall–Kier alpha value is -4.46. The molecule has 4 aromatic rings. The molecule has 0 aliphatic carbocycles. The number of carbonyl (C=O) groups excluding carboxylic acids is 2. The summed E-state index contributed by atoms with van der Waals surface area (Å²) in [5.41, 5.74) is 2.70. The molecular weight excluding hydrogens is 681 g/mol. The predicted molar refractivity (Wildman–Crippen MR) is 201 cm³/mol. The first-order valence-electron chi connectivity index (χ1n) is 18.0. The lowest BCUT2D eigenvalue weighted by Gasteiger charge is -2.35. The van der Waals surface area contributed by atoms with Gasteiger partial charge in [0.05, 0.1) is 41.7 Å². The SMILES string of the molecule is CC[C@H](C)[C@@H](C(=O)N[C@@H](Cc1ccccc1)[C@@H](O)CN(CC(C)C)S(=O)(=O)c1ccc(OC)cc1)N1CCN(Cc2nc3ccccc3n2C)C1=O. The fraction of sp³-hybridized carbons (Fsp3) is 0.462. The summed E-state index contributed by atoms with van der Waals surface area (Å²) in [4.78, 5) is 36.5. The van der Waals surface area contributed by atoms with Crippen molar-refractivity contribution < 1.29 is 27.9 Å². The summed E-state index contributed by atoms with van der Waals surface area (Å²) >= 11 is 0. The summed E-state index contributed by atoms with van der Waals surface area (Å²) in [6, 6.07) is 21.5. The van der Waals surface area contributed by atoms with Crippen molar-refractivity contribution in [3.05, 3.63) is 90.3 Å². The van der Waals surface area contributed by atoms with E-state index >= 15 is 0 Å². The van der Waals surface area contributed by atoms with Crippen LogP contribution in [0.5, 0.6) is 5.75 Å². The smallest absolute Gasteiger partial charge is 0.321 e. The number of sulfonamides is 1. The third kappa shape index (κ3) is 8.76. The Bertz CT molecular complexity index is 1920. The Morgan fingerprint density at radius 2 is 1.65 bits per heavy atom. The van der Waals surface area contributed by atoms with E-state index in [4.69, 9.17) is 9.72 Å². The van der Waals surface area contributed by atoms with E-state index in [2.05, 4.69) is 5.32 Å². The van der Waals surface area contributed by atoms with E-state index in [0.717, 1.165) is 22.4 Å². The molecule has 2 N–H and O–H groups in total. The quantitative estimate of drug-likeness (QED) is 0.161. The van der Waals surface area contributed by atoms with Crippen LogP contribution in [0.15, 0.2) is 83.8 Å². The molecule has 4 atom stereocenters. The van der Waals surface area contributed by atoms with Gasteiger partial charge in [0.25, 0.3) is 0 Å². The molecule has 1 saturated heterocycles. The molecule has 13 heteroatoms. The fourth-order valence-electron chi connectivity index (χ4n) is 6.77. The lowest BCUT2D eigenvalue weighted by Crippen LogP contribution is -2.57. The number of hydrogen-bond acceptors (Lipinski definition) is 7. The average Bonchev–Trinajstić information content (AvgIpc) is 3.65. The average molecular weight is 733 g/mol. The highest BCUT2D eigenvalue weighted by Gasteiger charge is 2.41. The predicted octanol–water partition coefficient (Wildman–Crippen LogP) is 4.67. The number of carbonyl (C=O) groups is 2. The van der Waals surface area contributed by atoms with Crippen molar-refractivity contribution in [2.75, 3.05) is 33.3 Å². The van der Waals surface area contributed by atoms with Gasteiger partial charge in [-0.1, -0.05) is 76.6 Å². The number of rotatable bonds is 17. The number of aryl methyl sites for hydroxylation is 1. The van der Waals surface area contributed by atoms with Crippen LogP contribution in [-0.4, -0.2) is 101 Å². The van der Waals surface area contributed by atoms with E-state index in [1.54, 1.807) is 21.9 Å². The number of ether oxygens (including phenoxy) is 1. The highest BCUT2D eigenvalue weighted by Crippen LogP contribution is 2.25. The van der Waals surface area contributed by atoms with E-state index in [9.17, 15) is 23.1 Å². The third-order valence-electron chi connectivity index (χ3n) is 9.87. The van der Waals surface area contributed by atoms with E-state index in [1.807, 2.05) is 93.9 Å². The van der Waals surface area contributed by atoms with E-state index in [0.29, 0.717) is 31.8 Å². The lowest BCUT2D eigenvalue weighted by molar-refractivity contribution is -0.128. The van der Waals surface area contributed by atoms with Crippen LogP contribution in [0.4, 0.5) is 4.79 Å². The molecular formula is C39H52N6O6S. The van der Waals surface area contributed by atoms with Crippen molar-refractivity contribution in [3.8, 4) is 5.75 Å². The van der Waals surface area contributed by atoms with Crippen molar-refractivity contribution in [1.29, 1.82) is 0 Å². The van der Waals surface area contributed by atoms with Gasteiger partial charge in [0.1, 0.15) is 17.6 Å². The number of aromatic nitrogens is 2. The number of methoxy groups -OCH3 is 1. The first kappa shape index (κ1) is 38.8. The molecule has 1 aromatic heterocycles. The number of nitrogens with zero attached hydrogens (tertiary/aromatic N) is 5. The largest absolute Gasteiger partial charge is 0.497 e. The Kier molecular flexibility index (Phi) is 12.6. The number of urea groups is 1. The van der Waals surface area contributed by atoms with Gasteiger partial charge in [-0.2, -0.15) is 4.31 Å². The maximum absolute atomic E-state index is 14.4. The van der Waals surface area contributed by atoms with Crippen molar-refractivity contribution in [3.63, 3.8) is 0 Å². The van der Waals surface area contributed by atoms with Crippen molar-refractivity contribution >= 4 is 33.0 Å². The van der Waals surface area contributed by atoms with Gasteiger partial charge in [0.2, 0.25) is 15.9 Å². The number of hydrogen-bond donors (Lipinski definition) is 2.